The van der Waals surface area contributed by atoms with Crippen LogP contribution in [0.5, 0.6) is 0 Å². The van der Waals surface area contributed by atoms with Crippen molar-refractivity contribution in [3.63, 3.8) is 0 Å². The van der Waals surface area contributed by atoms with Crippen LogP contribution in [0.25, 0.3) is 21.5 Å². The first-order chi connectivity index (χ1) is 20.7. The molecule has 6 rings (SSSR count). The first kappa shape index (κ1) is 33.0. The molecule has 0 amide bonds. The Morgan fingerprint density at radius 2 is 1.02 bits per heavy atom. The van der Waals surface area contributed by atoms with E-state index in [9.17, 15) is 0 Å². The fourth-order valence-corrected chi connectivity index (χ4v) is 4.05. The Bertz CT molecular complexity index is 1820. The van der Waals surface area contributed by atoms with Gasteiger partial charge in [0.05, 0.1) is 0 Å². The van der Waals surface area contributed by atoms with Crippen LogP contribution in [0.3, 0.4) is 0 Å². The molecule has 0 spiro atoms. The van der Waals surface area contributed by atoms with Gasteiger partial charge in [-0.2, -0.15) is 0 Å². The summed E-state index contributed by atoms with van der Waals surface area (Å²) >= 11 is 11.8. The van der Waals surface area contributed by atoms with Gasteiger partial charge in [-0.3, -0.25) is 20.4 Å². The minimum atomic E-state index is 0. The number of fused-ring (bicyclic) bond motifs is 2. The Morgan fingerprint density at radius 3 is 1.44 bits per heavy atom. The van der Waals surface area contributed by atoms with Gasteiger partial charge in [0.1, 0.15) is 0 Å². The molecule has 2 heterocycles. The number of aromatic nitrogens is 4. The van der Waals surface area contributed by atoms with E-state index in [4.69, 9.17) is 28.3 Å². The fraction of sp³-hybridized carbons (Fsp3) is 0.0323. The van der Waals surface area contributed by atoms with Gasteiger partial charge in [0.15, 0.2) is 0 Å². The van der Waals surface area contributed by atoms with E-state index in [1.54, 1.807) is 24.8 Å². The molecule has 43 heavy (non-hydrogen) atoms. The SMILES string of the molecule is CO.Clc1cccc(/C=N\N=c2/[n-]ncc3ccccc23)c1.Clc1cccc(/C=N\N=c2/[n-]ncc3ccccc23)c1.[Ni+2]. The molecule has 0 aliphatic heterocycles. The molecule has 2 aromatic heterocycles. The average molecular weight is 654 g/mol. The molecule has 0 aliphatic rings. The van der Waals surface area contributed by atoms with Crippen molar-refractivity contribution in [2.45, 2.75) is 0 Å². The number of aliphatic hydroxyl groups excluding tert-OH is 1. The van der Waals surface area contributed by atoms with E-state index in [2.05, 4.69) is 40.8 Å². The van der Waals surface area contributed by atoms with E-state index in [-0.39, 0.29) is 16.5 Å². The molecule has 0 aliphatic carbocycles. The summed E-state index contributed by atoms with van der Waals surface area (Å²) in [5.41, 5.74) is 2.77. The molecule has 12 heteroatoms. The molecule has 0 unspecified atom stereocenters. The second kappa shape index (κ2) is 17.5. The molecule has 1 N–H and O–H groups in total. The predicted octanol–water partition coefficient (Wildman–Crippen LogP) is 5.17. The summed E-state index contributed by atoms with van der Waals surface area (Å²) in [5.74, 6) is 0. The third kappa shape index (κ3) is 9.80. The summed E-state index contributed by atoms with van der Waals surface area (Å²) in [4.78, 5) is 0. The molecule has 218 valence electrons. The zero-order valence-corrected chi connectivity index (χ0v) is 25.1. The number of aliphatic hydroxyl groups is 1. The molecule has 4 aromatic carbocycles. The Hall–Kier alpha value is -4.47. The smallest absolute Gasteiger partial charge is 0.400 e. The van der Waals surface area contributed by atoms with Gasteiger partial charge in [0.2, 0.25) is 0 Å². The quantitative estimate of drug-likeness (QED) is 0.160. The fourth-order valence-electron chi connectivity index (χ4n) is 3.65. The van der Waals surface area contributed by atoms with E-state index in [1.165, 1.54) is 0 Å². The normalized spacial score (nSPS) is 11.6. The van der Waals surface area contributed by atoms with Gasteiger partial charge in [-0.1, -0.05) is 96.0 Å². The maximum absolute atomic E-state index is 7.00. The molecule has 0 saturated carbocycles. The Labute approximate surface area is 267 Å². The van der Waals surface area contributed by atoms with Crippen LogP contribution in [0.2, 0.25) is 10.0 Å². The molecular formula is C31H24Cl2N8NiO. The van der Waals surface area contributed by atoms with Crippen molar-refractivity contribution in [1.29, 1.82) is 0 Å². The van der Waals surface area contributed by atoms with Gasteiger partial charge in [0, 0.05) is 42.0 Å². The largest absolute Gasteiger partial charge is 2.00 e. The number of rotatable bonds is 4. The molecule has 0 saturated heterocycles. The van der Waals surface area contributed by atoms with Crippen LogP contribution in [0.15, 0.2) is 130 Å². The average Bonchev–Trinajstić information content (AvgIpc) is 3.03. The Kier molecular flexibility index (Phi) is 13.4. The number of nitrogens with zero attached hydrogens (tertiary/aromatic N) is 8. The molecule has 0 atom stereocenters. The summed E-state index contributed by atoms with van der Waals surface area (Å²) in [6.07, 6.45) is 6.68. The zero-order chi connectivity index (χ0) is 29.6. The van der Waals surface area contributed by atoms with Crippen LogP contribution in [-0.4, -0.2) is 34.8 Å². The molecular weight excluding hydrogens is 630 g/mol. The summed E-state index contributed by atoms with van der Waals surface area (Å²) < 4.78 is 0. The Balaban J connectivity index is 0.000000218. The van der Waals surface area contributed by atoms with Crippen molar-refractivity contribution in [2.75, 3.05) is 7.11 Å². The minimum absolute atomic E-state index is 0. The van der Waals surface area contributed by atoms with Crippen LogP contribution < -0.4 is 21.2 Å². The van der Waals surface area contributed by atoms with Crippen LogP contribution >= 0.6 is 23.2 Å². The van der Waals surface area contributed by atoms with Crippen LogP contribution in [0.4, 0.5) is 0 Å². The van der Waals surface area contributed by atoms with E-state index in [0.717, 1.165) is 39.8 Å². The summed E-state index contributed by atoms with van der Waals surface area (Å²) in [5, 5.41) is 44.3. The van der Waals surface area contributed by atoms with Crippen molar-refractivity contribution in [3.8, 4) is 0 Å². The van der Waals surface area contributed by atoms with E-state index in [1.807, 2.05) is 97.1 Å². The first-order valence-corrected chi connectivity index (χ1v) is 13.3. The van der Waals surface area contributed by atoms with Crippen LogP contribution in [-0.2, 0) is 16.5 Å². The minimum Gasteiger partial charge on any atom is -0.400 e. The summed E-state index contributed by atoms with van der Waals surface area (Å²) in [7, 11) is 1.00. The number of benzene rings is 4. The van der Waals surface area contributed by atoms with E-state index < -0.39 is 0 Å². The Morgan fingerprint density at radius 1 is 0.605 bits per heavy atom. The van der Waals surface area contributed by atoms with Crippen molar-refractivity contribution in [1.82, 2.24) is 20.4 Å². The predicted molar refractivity (Wildman–Crippen MR) is 167 cm³/mol. The topological polar surface area (TPSA) is 124 Å². The molecule has 9 nitrogen and oxygen atoms in total. The second-order valence-electron chi connectivity index (χ2n) is 8.31. The zero-order valence-electron chi connectivity index (χ0n) is 22.6. The van der Waals surface area contributed by atoms with Crippen molar-refractivity contribution < 1.29 is 21.6 Å². The molecule has 0 radical (unpaired) electrons. The summed E-state index contributed by atoms with van der Waals surface area (Å²) in [6.45, 7) is 0. The number of hydrogen-bond donors (Lipinski definition) is 1. The van der Waals surface area contributed by atoms with Crippen molar-refractivity contribution in [2.24, 2.45) is 20.4 Å². The van der Waals surface area contributed by atoms with E-state index in [0.29, 0.717) is 21.0 Å². The second-order valence-corrected chi connectivity index (χ2v) is 9.18. The monoisotopic (exact) mass is 652 g/mol. The van der Waals surface area contributed by atoms with Crippen LogP contribution in [0.1, 0.15) is 11.1 Å². The van der Waals surface area contributed by atoms with E-state index >= 15 is 0 Å². The van der Waals surface area contributed by atoms with Gasteiger partial charge in [0.25, 0.3) is 0 Å². The molecule has 0 bridgehead atoms. The van der Waals surface area contributed by atoms with Gasteiger partial charge < -0.3 is 25.5 Å². The third-order valence-electron chi connectivity index (χ3n) is 5.52. The molecule has 0 fully saturated rings. The summed E-state index contributed by atoms with van der Waals surface area (Å²) in [6, 6.07) is 30.4. The van der Waals surface area contributed by atoms with Gasteiger partial charge in [-0.05, 0) is 67.9 Å². The van der Waals surface area contributed by atoms with Crippen molar-refractivity contribution >= 4 is 57.2 Å². The number of halogens is 2. The van der Waals surface area contributed by atoms with Gasteiger partial charge in [-0.15, -0.1) is 0 Å². The first-order valence-electron chi connectivity index (χ1n) is 12.5. The number of hydrogen-bond acceptors (Lipinski definition) is 7. The van der Waals surface area contributed by atoms with Gasteiger partial charge in [-0.25, -0.2) is 0 Å². The molecule has 6 aromatic rings. The maximum Gasteiger partial charge on any atom is 2.00 e. The standard InChI is InChI=1S/2C15H10ClN4.CH4O.Ni/c2*16-13-6-3-4-11(8-13)9-17-19-15-14-7-2-1-5-12(14)10-18-20-15;1-2;/h2*1-10H;2H,1H3;/q2*-1;;+2/b2*17-9-;;. The van der Waals surface area contributed by atoms with Gasteiger partial charge >= 0.3 is 16.5 Å². The maximum atomic E-state index is 7.00. The van der Waals surface area contributed by atoms with Crippen molar-refractivity contribution in [3.05, 3.63) is 142 Å². The van der Waals surface area contributed by atoms with Crippen LogP contribution in [0, 0.1) is 0 Å². The third-order valence-corrected chi connectivity index (χ3v) is 5.99.